The van der Waals surface area contributed by atoms with Gasteiger partial charge in [-0.05, 0) is 28.8 Å². The highest BCUT2D eigenvalue weighted by atomic mass is 31.1. The molecule has 0 fully saturated rings. The van der Waals surface area contributed by atoms with Gasteiger partial charge in [0.25, 0.3) is 0 Å². The third-order valence-corrected chi connectivity index (χ3v) is 4.53. The monoisotopic (exact) mass is 367 g/mol. The van der Waals surface area contributed by atoms with Gasteiger partial charge >= 0.3 is 13.9 Å². The summed E-state index contributed by atoms with van der Waals surface area (Å²) < 4.78 is 34.5. The minimum atomic E-state index is -2.17. The van der Waals surface area contributed by atoms with Crippen molar-refractivity contribution in [1.82, 2.24) is 0 Å². The van der Waals surface area contributed by atoms with Crippen molar-refractivity contribution in [2.75, 3.05) is 26.4 Å². The number of aliphatic hydroxyl groups excluding tert-OH is 1. The second kappa shape index (κ2) is 9.68. The van der Waals surface area contributed by atoms with Gasteiger partial charge in [0.05, 0.1) is 19.5 Å². The molecule has 1 heterocycles. The van der Waals surface area contributed by atoms with E-state index < -0.39 is 19.3 Å². The van der Waals surface area contributed by atoms with Gasteiger partial charge in [0.1, 0.15) is 19.0 Å². The van der Waals surface area contributed by atoms with Crippen LogP contribution in [0.3, 0.4) is 0 Å². The maximum atomic E-state index is 12.5. The Bertz CT molecular complexity index is 626. The standard InChI is InChI=1S/C18H24O6P/c1-18(2,13-19)14-24-25(20)17(16-9-6-10-22-16)23-12-11-21-15-7-4-3-5-8-15/h3-10,17,19H,11-14H2,1-2H3/q+1. The number of rotatable bonds is 11. The highest BCUT2D eigenvalue weighted by Gasteiger charge is 2.39. The molecule has 7 heteroatoms. The molecule has 0 bridgehead atoms. The second-order valence-corrected chi connectivity index (χ2v) is 7.58. The van der Waals surface area contributed by atoms with E-state index in [1.807, 2.05) is 44.2 Å². The molecule has 1 aromatic heterocycles. The molecule has 2 unspecified atom stereocenters. The van der Waals surface area contributed by atoms with Crippen LogP contribution in [0.2, 0.25) is 0 Å². The molecule has 0 spiro atoms. The Morgan fingerprint density at radius 1 is 1.16 bits per heavy atom. The van der Waals surface area contributed by atoms with Crippen molar-refractivity contribution in [2.24, 2.45) is 5.41 Å². The van der Waals surface area contributed by atoms with E-state index in [1.165, 1.54) is 6.26 Å². The zero-order valence-electron chi connectivity index (χ0n) is 14.5. The molecule has 6 nitrogen and oxygen atoms in total. The number of hydrogen-bond donors (Lipinski definition) is 1. The lowest BCUT2D eigenvalue weighted by molar-refractivity contribution is 0.0509. The third kappa shape index (κ3) is 6.59. The van der Waals surface area contributed by atoms with Crippen LogP contribution in [0, 0.1) is 5.41 Å². The van der Waals surface area contributed by atoms with Gasteiger partial charge in [-0.15, -0.1) is 4.52 Å². The van der Waals surface area contributed by atoms with Gasteiger partial charge in [-0.1, -0.05) is 32.0 Å². The number of para-hydroxylation sites is 1. The summed E-state index contributed by atoms with van der Waals surface area (Å²) in [7, 11) is -2.17. The minimum absolute atomic E-state index is 0.0621. The number of ether oxygens (including phenoxy) is 2. The van der Waals surface area contributed by atoms with E-state index >= 15 is 0 Å². The van der Waals surface area contributed by atoms with Gasteiger partial charge in [0.15, 0.2) is 5.76 Å². The molecule has 0 aliphatic heterocycles. The SMILES string of the molecule is CC(C)(CO)CO[P+](=O)C(OCCOc1ccccc1)c1ccco1. The first-order valence-corrected chi connectivity index (χ1v) is 9.29. The predicted octanol–water partition coefficient (Wildman–Crippen LogP) is 4.15. The van der Waals surface area contributed by atoms with Crippen molar-refractivity contribution < 1.29 is 28.1 Å². The molecule has 25 heavy (non-hydrogen) atoms. The summed E-state index contributed by atoms with van der Waals surface area (Å²) in [4.78, 5) is 0. The smallest absolute Gasteiger partial charge is 0.491 e. The van der Waals surface area contributed by atoms with Gasteiger partial charge in [0.2, 0.25) is 0 Å². The van der Waals surface area contributed by atoms with E-state index in [1.54, 1.807) is 12.1 Å². The fourth-order valence-corrected chi connectivity index (χ4v) is 3.06. The molecule has 1 aromatic carbocycles. The predicted molar refractivity (Wildman–Crippen MR) is 93.8 cm³/mol. The first kappa shape index (κ1) is 19.6. The van der Waals surface area contributed by atoms with Gasteiger partial charge in [-0.2, -0.15) is 0 Å². The highest BCUT2D eigenvalue weighted by Crippen LogP contribution is 2.44. The first-order valence-electron chi connectivity index (χ1n) is 8.05. The van der Waals surface area contributed by atoms with Crippen molar-refractivity contribution in [3.8, 4) is 5.75 Å². The molecular weight excluding hydrogens is 343 g/mol. The molecule has 0 amide bonds. The van der Waals surface area contributed by atoms with E-state index in [2.05, 4.69) is 0 Å². The maximum Gasteiger partial charge on any atom is 0.549 e. The fourth-order valence-electron chi connectivity index (χ4n) is 1.87. The van der Waals surface area contributed by atoms with Crippen LogP contribution in [-0.2, 0) is 13.8 Å². The van der Waals surface area contributed by atoms with E-state index in [4.69, 9.17) is 18.4 Å². The molecule has 2 atom stereocenters. The zero-order valence-corrected chi connectivity index (χ0v) is 15.4. The van der Waals surface area contributed by atoms with E-state index in [0.29, 0.717) is 12.4 Å². The Morgan fingerprint density at radius 3 is 2.56 bits per heavy atom. The first-order chi connectivity index (χ1) is 12.0. The van der Waals surface area contributed by atoms with E-state index in [-0.39, 0.29) is 19.8 Å². The van der Waals surface area contributed by atoms with Crippen molar-refractivity contribution in [2.45, 2.75) is 19.7 Å². The molecule has 2 aromatic rings. The average Bonchev–Trinajstić information content (AvgIpc) is 3.15. The lowest BCUT2D eigenvalue weighted by atomic mass is 9.97. The van der Waals surface area contributed by atoms with Crippen molar-refractivity contribution in [3.05, 3.63) is 54.5 Å². The van der Waals surface area contributed by atoms with Gasteiger partial charge in [0, 0.05) is 5.41 Å². The Kier molecular flexibility index (Phi) is 7.59. The topological polar surface area (TPSA) is 78.1 Å². The molecule has 0 saturated carbocycles. The summed E-state index contributed by atoms with van der Waals surface area (Å²) in [5.74, 6) is 0.354. The van der Waals surface area contributed by atoms with Crippen LogP contribution in [0.15, 0.2) is 53.1 Å². The van der Waals surface area contributed by atoms with E-state index in [9.17, 15) is 9.67 Å². The molecule has 136 valence electrons. The Balaban J connectivity index is 1.87. The largest absolute Gasteiger partial charge is 0.549 e. The summed E-state index contributed by atoms with van der Waals surface area (Å²) in [6, 6.07) is 12.8. The molecular formula is C18H24O6P+. The molecule has 0 saturated heterocycles. The summed E-state index contributed by atoms with van der Waals surface area (Å²) in [5, 5.41) is 9.27. The molecule has 0 radical (unpaired) electrons. The van der Waals surface area contributed by atoms with Crippen LogP contribution in [0.4, 0.5) is 0 Å². The molecule has 0 aliphatic rings. The summed E-state index contributed by atoms with van der Waals surface area (Å²) in [6.45, 7) is 4.28. The van der Waals surface area contributed by atoms with Crippen LogP contribution >= 0.6 is 8.03 Å². The van der Waals surface area contributed by atoms with Gasteiger partial charge in [-0.3, -0.25) is 0 Å². The van der Waals surface area contributed by atoms with Crippen molar-refractivity contribution >= 4 is 8.03 Å². The lowest BCUT2D eigenvalue weighted by Gasteiger charge is -2.17. The third-order valence-electron chi connectivity index (χ3n) is 3.36. The van der Waals surface area contributed by atoms with Crippen LogP contribution < -0.4 is 4.74 Å². The highest BCUT2D eigenvalue weighted by molar-refractivity contribution is 7.39. The number of furan rings is 1. The van der Waals surface area contributed by atoms with Crippen molar-refractivity contribution in [3.63, 3.8) is 0 Å². The van der Waals surface area contributed by atoms with Gasteiger partial charge in [-0.25, -0.2) is 0 Å². The maximum absolute atomic E-state index is 12.5. The van der Waals surface area contributed by atoms with Crippen LogP contribution in [0.1, 0.15) is 25.5 Å². The Hall–Kier alpha value is -1.72. The Labute approximate surface area is 148 Å². The Morgan fingerprint density at radius 2 is 1.92 bits per heavy atom. The zero-order chi connectivity index (χ0) is 18.1. The molecule has 2 rings (SSSR count). The van der Waals surface area contributed by atoms with Crippen LogP contribution in [0.5, 0.6) is 5.75 Å². The van der Waals surface area contributed by atoms with Crippen molar-refractivity contribution in [1.29, 1.82) is 0 Å². The minimum Gasteiger partial charge on any atom is -0.491 e. The quantitative estimate of drug-likeness (QED) is 0.475. The lowest BCUT2D eigenvalue weighted by Crippen LogP contribution is -2.22. The normalized spacial score (nSPS) is 13.5. The van der Waals surface area contributed by atoms with Gasteiger partial charge < -0.3 is 19.0 Å². The summed E-state index contributed by atoms with van der Waals surface area (Å²) in [6.07, 6.45) is 1.49. The summed E-state index contributed by atoms with van der Waals surface area (Å²) in [5.41, 5.74) is -0.477. The summed E-state index contributed by atoms with van der Waals surface area (Å²) >= 11 is 0. The number of aliphatic hydroxyl groups is 1. The number of hydrogen-bond acceptors (Lipinski definition) is 6. The van der Waals surface area contributed by atoms with E-state index in [0.717, 1.165) is 5.75 Å². The molecule has 0 aliphatic carbocycles. The second-order valence-electron chi connectivity index (χ2n) is 6.28. The van der Waals surface area contributed by atoms with Crippen LogP contribution in [0.25, 0.3) is 0 Å². The number of benzene rings is 1. The average molecular weight is 367 g/mol. The van der Waals surface area contributed by atoms with Crippen LogP contribution in [-0.4, -0.2) is 31.5 Å². The fraction of sp³-hybridized carbons (Fsp3) is 0.444. The molecule has 1 N–H and O–H groups in total.